The summed E-state index contributed by atoms with van der Waals surface area (Å²) < 4.78 is 5.87. The number of likely N-dealkylation sites (tertiary alicyclic amines) is 1. The monoisotopic (exact) mass is 386 g/mol. The van der Waals surface area contributed by atoms with Crippen molar-refractivity contribution >= 4 is 5.97 Å². The molecule has 2 atom stereocenters. The second-order valence-corrected chi connectivity index (χ2v) is 9.24. The van der Waals surface area contributed by atoms with Crippen molar-refractivity contribution in [2.45, 2.75) is 51.0 Å². The number of hydrogen-bond donors (Lipinski definition) is 2. The zero-order chi connectivity index (χ0) is 19.6. The van der Waals surface area contributed by atoms with E-state index in [1.165, 1.54) is 12.0 Å². The van der Waals surface area contributed by atoms with Gasteiger partial charge in [0, 0.05) is 37.1 Å². The summed E-state index contributed by atoms with van der Waals surface area (Å²) in [4.78, 5) is 13.9. The molecule has 1 heterocycles. The number of nitrogens with zero attached hydrogens (tertiary/aromatic N) is 1. The Labute approximate surface area is 168 Å². The van der Waals surface area contributed by atoms with Crippen molar-refractivity contribution < 1.29 is 14.6 Å². The van der Waals surface area contributed by atoms with Gasteiger partial charge in [-0.1, -0.05) is 30.3 Å². The summed E-state index contributed by atoms with van der Waals surface area (Å²) >= 11 is 0. The maximum atomic E-state index is 11.5. The molecule has 1 aliphatic heterocycles. The van der Waals surface area contributed by atoms with Gasteiger partial charge in [0.15, 0.2) is 0 Å². The fraction of sp³-hybridized carbons (Fsp3) is 0.696. The topological polar surface area (TPSA) is 61.8 Å². The number of aliphatic carboxylic acids is 1. The van der Waals surface area contributed by atoms with E-state index in [9.17, 15) is 9.90 Å². The SMILES string of the molecule is CCOCC1(CN[C@@H]2C[C@H]2c2ccccc2)CCN(CC2(C(=O)O)CC2)CC1. The molecule has 1 aromatic rings. The molecule has 0 amide bonds. The van der Waals surface area contributed by atoms with Crippen molar-refractivity contribution in [2.24, 2.45) is 10.8 Å². The van der Waals surface area contributed by atoms with Crippen LogP contribution in [0.4, 0.5) is 0 Å². The highest BCUT2D eigenvalue weighted by Crippen LogP contribution is 2.47. The Morgan fingerprint density at radius 3 is 2.54 bits per heavy atom. The van der Waals surface area contributed by atoms with Crippen molar-refractivity contribution in [1.29, 1.82) is 0 Å². The second-order valence-electron chi connectivity index (χ2n) is 9.24. The lowest BCUT2D eigenvalue weighted by Gasteiger charge is -2.42. The maximum Gasteiger partial charge on any atom is 0.310 e. The third-order valence-corrected chi connectivity index (χ3v) is 7.12. The van der Waals surface area contributed by atoms with E-state index in [-0.39, 0.29) is 5.41 Å². The van der Waals surface area contributed by atoms with Gasteiger partial charge in [0.05, 0.1) is 12.0 Å². The molecule has 3 aliphatic rings. The standard InChI is InChI=1S/C23H34N2O3/c1-2-28-17-22(15-24-20-14-19(20)18-6-4-3-5-7-18)10-12-25(13-11-22)16-23(8-9-23)21(26)27/h3-7,19-20,24H,2,8-17H2,1H3,(H,26,27)/t19-,20+/m0/s1. The Bertz CT molecular complexity index is 666. The largest absolute Gasteiger partial charge is 0.481 e. The van der Waals surface area contributed by atoms with Crippen LogP contribution in [0.2, 0.25) is 0 Å². The molecule has 2 saturated carbocycles. The van der Waals surface area contributed by atoms with E-state index in [1.807, 2.05) is 0 Å². The first-order valence-corrected chi connectivity index (χ1v) is 10.9. The maximum absolute atomic E-state index is 11.5. The molecule has 0 aromatic heterocycles. The fourth-order valence-electron chi connectivity index (χ4n) is 4.73. The van der Waals surface area contributed by atoms with Crippen molar-refractivity contribution in [2.75, 3.05) is 39.4 Å². The van der Waals surface area contributed by atoms with Crippen LogP contribution in [0.3, 0.4) is 0 Å². The van der Waals surface area contributed by atoms with Gasteiger partial charge < -0.3 is 20.1 Å². The van der Waals surface area contributed by atoms with Crippen LogP contribution in [-0.4, -0.2) is 61.4 Å². The number of carbonyl (C=O) groups is 1. The van der Waals surface area contributed by atoms with E-state index in [2.05, 4.69) is 47.5 Å². The van der Waals surface area contributed by atoms with E-state index in [0.29, 0.717) is 12.0 Å². The lowest BCUT2D eigenvalue weighted by Crippen LogP contribution is -2.49. The summed E-state index contributed by atoms with van der Waals surface area (Å²) in [6.45, 7) is 7.30. The molecule has 154 valence electrons. The summed E-state index contributed by atoms with van der Waals surface area (Å²) in [5, 5.41) is 13.3. The summed E-state index contributed by atoms with van der Waals surface area (Å²) in [6, 6.07) is 11.4. The first-order chi connectivity index (χ1) is 13.6. The van der Waals surface area contributed by atoms with Gasteiger partial charge in [-0.15, -0.1) is 0 Å². The third-order valence-electron chi connectivity index (χ3n) is 7.12. The summed E-state index contributed by atoms with van der Waals surface area (Å²) in [6.07, 6.45) is 5.07. The smallest absolute Gasteiger partial charge is 0.310 e. The molecule has 2 aliphatic carbocycles. The molecule has 3 fully saturated rings. The van der Waals surface area contributed by atoms with Gasteiger partial charge in [0.2, 0.25) is 0 Å². The highest BCUT2D eigenvalue weighted by Gasteiger charge is 2.52. The van der Waals surface area contributed by atoms with E-state index < -0.39 is 11.4 Å². The van der Waals surface area contributed by atoms with Crippen LogP contribution in [0.25, 0.3) is 0 Å². The van der Waals surface area contributed by atoms with Crippen LogP contribution >= 0.6 is 0 Å². The van der Waals surface area contributed by atoms with E-state index in [4.69, 9.17) is 4.74 Å². The van der Waals surface area contributed by atoms with E-state index >= 15 is 0 Å². The Balaban J connectivity index is 1.29. The minimum atomic E-state index is -0.610. The molecule has 0 unspecified atom stereocenters. The summed E-state index contributed by atoms with van der Waals surface area (Å²) in [5.41, 5.74) is 1.17. The highest BCUT2D eigenvalue weighted by atomic mass is 16.5. The number of nitrogens with one attached hydrogen (secondary N) is 1. The predicted molar refractivity (Wildman–Crippen MR) is 109 cm³/mol. The van der Waals surface area contributed by atoms with Gasteiger partial charge in [-0.25, -0.2) is 0 Å². The van der Waals surface area contributed by atoms with Gasteiger partial charge in [0.25, 0.3) is 0 Å². The summed E-state index contributed by atoms with van der Waals surface area (Å²) in [7, 11) is 0. The predicted octanol–water partition coefficient (Wildman–Crippen LogP) is 3.12. The average Bonchev–Trinajstić information content (AvgIpc) is 3.63. The van der Waals surface area contributed by atoms with Crippen LogP contribution in [0.1, 0.15) is 50.5 Å². The Kier molecular flexibility index (Phi) is 5.77. The van der Waals surface area contributed by atoms with Crippen LogP contribution < -0.4 is 5.32 Å². The number of rotatable bonds is 10. The Hall–Kier alpha value is -1.43. The highest BCUT2D eigenvalue weighted by molar-refractivity contribution is 5.78. The number of piperidine rings is 1. The van der Waals surface area contributed by atoms with Gasteiger partial charge in [-0.05, 0) is 57.7 Å². The first-order valence-electron chi connectivity index (χ1n) is 10.9. The number of carboxylic acid groups (broad SMARTS) is 1. The van der Waals surface area contributed by atoms with Crippen LogP contribution in [0.15, 0.2) is 30.3 Å². The number of carboxylic acids is 1. The first kappa shape index (κ1) is 19.9. The number of ether oxygens (including phenoxy) is 1. The van der Waals surface area contributed by atoms with Gasteiger partial charge in [-0.2, -0.15) is 0 Å². The van der Waals surface area contributed by atoms with Crippen LogP contribution in [0, 0.1) is 10.8 Å². The lowest BCUT2D eigenvalue weighted by molar-refractivity contribution is -0.144. The molecule has 5 heteroatoms. The molecule has 1 aromatic carbocycles. The Morgan fingerprint density at radius 1 is 1.21 bits per heavy atom. The van der Waals surface area contributed by atoms with Gasteiger partial charge >= 0.3 is 5.97 Å². The molecule has 5 nitrogen and oxygen atoms in total. The van der Waals surface area contributed by atoms with Crippen LogP contribution in [-0.2, 0) is 9.53 Å². The minimum Gasteiger partial charge on any atom is -0.481 e. The van der Waals surface area contributed by atoms with Crippen molar-refractivity contribution in [3.05, 3.63) is 35.9 Å². The van der Waals surface area contributed by atoms with Gasteiger partial charge in [0.1, 0.15) is 0 Å². The quantitative estimate of drug-likeness (QED) is 0.647. The normalized spacial score (nSPS) is 28.0. The second kappa shape index (κ2) is 8.13. The minimum absolute atomic E-state index is 0.177. The molecule has 1 saturated heterocycles. The zero-order valence-electron chi connectivity index (χ0n) is 17.0. The molecule has 4 rings (SSSR count). The summed E-state index contributed by atoms with van der Waals surface area (Å²) in [5.74, 6) is 0.0386. The molecule has 0 bridgehead atoms. The van der Waals surface area contributed by atoms with Crippen molar-refractivity contribution in [3.63, 3.8) is 0 Å². The molecule has 0 radical (unpaired) electrons. The van der Waals surface area contributed by atoms with Crippen molar-refractivity contribution in [1.82, 2.24) is 10.2 Å². The fourth-order valence-corrected chi connectivity index (χ4v) is 4.73. The van der Waals surface area contributed by atoms with Crippen molar-refractivity contribution in [3.8, 4) is 0 Å². The molecule has 28 heavy (non-hydrogen) atoms. The lowest BCUT2D eigenvalue weighted by atomic mass is 9.78. The number of hydrogen-bond acceptors (Lipinski definition) is 4. The van der Waals surface area contributed by atoms with Crippen LogP contribution in [0.5, 0.6) is 0 Å². The zero-order valence-corrected chi connectivity index (χ0v) is 17.0. The third kappa shape index (κ3) is 4.42. The average molecular weight is 387 g/mol. The molecule has 2 N–H and O–H groups in total. The van der Waals surface area contributed by atoms with E-state index in [1.54, 1.807) is 0 Å². The molecular formula is C23H34N2O3. The molecular weight excluding hydrogens is 352 g/mol. The Morgan fingerprint density at radius 2 is 1.93 bits per heavy atom. The number of benzene rings is 1. The van der Waals surface area contributed by atoms with E-state index in [0.717, 1.165) is 65.1 Å². The molecule has 0 spiro atoms. The van der Waals surface area contributed by atoms with Gasteiger partial charge in [-0.3, -0.25) is 4.79 Å².